The number of nitrogens with zero attached hydrogens (tertiary/aromatic N) is 1. The number of ketones is 2. The van der Waals surface area contributed by atoms with E-state index in [0.29, 0.717) is 24.2 Å². The highest BCUT2D eigenvalue weighted by atomic mass is 127. The molecule has 118 valence electrons. The quantitative estimate of drug-likeness (QED) is 0.706. The summed E-state index contributed by atoms with van der Waals surface area (Å²) in [6, 6.07) is 8.24. The van der Waals surface area contributed by atoms with Crippen LogP contribution in [-0.4, -0.2) is 11.6 Å². The molecule has 0 spiro atoms. The van der Waals surface area contributed by atoms with Gasteiger partial charge in [-0.2, -0.15) is 0 Å². The molecule has 1 aliphatic heterocycles. The SMILES string of the molecule is O=C1CCCC2=C1NC1=C(CCCC1=O)N2c1cccc(I)c1. The van der Waals surface area contributed by atoms with Gasteiger partial charge in [0.15, 0.2) is 11.6 Å². The van der Waals surface area contributed by atoms with Gasteiger partial charge in [-0.15, -0.1) is 0 Å². The molecule has 1 aromatic carbocycles. The third kappa shape index (κ3) is 2.51. The van der Waals surface area contributed by atoms with Crippen molar-refractivity contribution in [2.75, 3.05) is 4.90 Å². The van der Waals surface area contributed by atoms with Crippen LogP contribution < -0.4 is 10.2 Å². The first-order chi connectivity index (χ1) is 11.1. The second-order valence-electron chi connectivity index (χ2n) is 6.14. The zero-order valence-electron chi connectivity index (χ0n) is 12.7. The zero-order valence-corrected chi connectivity index (χ0v) is 14.9. The molecule has 0 atom stereocenters. The van der Waals surface area contributed by atoms with Gasteiger partial charge in [-0.25, -0.2) is 0 Å². The van der Waals surface area contributed by atoms with Crippen LogP contribution in [0.4, 0.5) is 5.69 Å². The summed E-state index contributed by atoms with van der Waals surface area (Å²) >= 11 is 2.30. The van der Waals surface area contributed by atoms with Gasteiger partial charge in [-0.3, -0.25) is 9.59 Å². The highest BCUT2D eigenvalue weighted by molar-refractivity contribution is 14.1. The van der Waals surface area contributed by atoms with Gasteiger partial charge in [0.2, 0.25) is 0 Å². The molecule has 23 heavy (non-hydrogen) atoms. The summed E-state index contributed by atoms with van der Waals surface area (Å²) in [5.74, 6) is 0.235. The van der Waals surface area contributed by atoms with Crippen LogP contribution in [0.2, 0.25) is 0 Å². The smallest absolute Gasteiger partial charge is 0.180 e. The van der Waals surface area contributed by atoms with Crippen molar-refractivity contribution in [2.45, 2.75) is 38.5 Å². The fourth-order valence-corrected chi connectivity index (χ4v) is 4.13. The van der Waals surface area contributed by atoms with E-state index in [2.05, 4.69) is 51.0 Å². The second kappa shape index (κ2) is 5.78. The van der Waals surface area contributed by atoms with Gasteiger partial charge in [-0.05, 0) is 66.5 Å². The zero-order chi connectivity index (χ0) is 16.0. The van der Waals surface area contributed by atoms with Gasteiger partial charge in [0, 0.05) is 22.1 Å². The molecule has 0 unspecified atom stereocenters. The molecular formula is C18H17IN2O2. The van der Waals surface area contributed by atoms with Crippen LogP contribution >= 0.6 is 22.6 Å². The van der Waals surface area contributed by atoms with Crippen LogP contribution in [0.25, 0.3) is 0 Å². The lowest BCUT2D eigenvalue weighted by molar-refractivity contribution is -0.117. The molecule has 5 heteroatoms. The average Bonchev–Trinajstić information content (AvgIpc) is 2.54. The van der Waals surface area contributed by atoms with Crippen LogP contribution in [0.5, 0.6) is 0 Å². The molecule has 1 aromatic rings. The molecule has 3 aliphatic rings. The van der Waals surface area contributed by atoms with E-state index in [1.165, 1.54) is 0 Å². The Balaban J connectivity index is 1.90. The molecule has 4 rings (SSSR count). The van der Waals surface area contributed by atoms with E-state index >= 15 is 0 Å². The summed E-state index contributed by atoms with van der Waals surface area (Å²) in [6.07, 6.45) is 4.59. The van der Waals surface area contributed by atoms with Crippen LogP contribution in [0.3, 0.4) is 0 Å². The highest BCUT2D eigenvalue weighted by Crippen LogP contribution is 2.40. The molecule has 4 nitrogen and oxygen atoms in total. The lowest BCUT2D eigenvalue weighted by Gasteiger charge is -2.40. The molecule has 0 amide bonds. The fraction of sp³-hybridized carbons (Fsp3) is 0.333. The molecule has 1 heterocycles. The third-order valence-corrected chi connectivity index (χ3v) is 5.30. The Kier molecular flexibility index (Phi) is 3.75. The van der Waals surface area contributed by atoms with Crippen molar-refractivity contribution in [1.29, 1.82) is 0 Å². The topological polar surface area (TPSA) is 49.4 Å². The van der Waals surface area contributed by atoms with E-state index in [4.69, 9.17) is 0 Å². The minimum absolute atomic E-state index is 0.117. The number of hydrogen-bond acceptors (Lipinski definition) is 4. The van der Waals surface area contributed by atoms with Crippen molar-refractivity contribution in [3.8, 4) is 0 Å². The van der Waals surface area contributed by atoms with Gasteiger partial charge < -0.3 is 10.2 Å². The molecule has 1 N–H and O–H groups in total. The van der Waals surface area contributed by atoms with Crippen LogP contribution in [0.1, 0.15) is 38.5 Å². The summed E-state index contributed by atoms with van der Waals surface area (Å²) < 4.78 is 1.15. The number of halogens is 1. The number of hydrogen-bond donors (Lipinski definition) is 1. The van der Waals surface area contributed by atoms with Crippen molar-refractivity contribution in [1.82, 2.24) is 5.32 Å². The largest absolute Gasteiger partial charge is 0.347 e. The first kappa shape index (κ1) is 14.9. The molecule has 0 aromatic heterocycles. The van der Waals surface area contributed by atoms with Crippen molar-refractivity contribution in [3.63, 3.8) is 0 Å². The summed E-state index contributed by atoms with van der Waals surface area (Å²) in [6.45, 7) is 0. The van der Waals surface area contributed by atoms with E-state index < -0.39 is 0 Å². The minimum Gasteiger partial charge on any atom is -0.347 e. The molecule has 0 bridgehead atoms. The van der Waals surface area contributed by atoms with Gasteiger partial charge in [0.1, 0.15) is 11.4 Å². The van der Waals surface area contributed by atoms with Gasteiger partial charge >= 0.3 is 0 Å². The number of allylic oxidation sites excluding steroid dienone is 4. The van der Waals surface area contributed by atoms with Crippen molar-refractivity contribution < 1.29 is 9.59 Å². The van der Waals surface area contributed by atoms with Gasteiger partial charge in [0.25, 0.3) is 0 Å². The Morgan fingerprint density at radius 2 is 1.52 bits per heavy atom. The van der Waals surface area contributed by atoms with E-state index in [1.807, 2.05) is 6.07 Å². The lowest BCUT2D eigenvalue weighted by Crippen LogP contribution is -2.42. The molecule has 0 fully saturated rings. The number of carbonyl (C=O) groups excluding carboxylic acids is 2. The molecule has 2 aliphatic carbocycles. The van der Waals surface area contributed by atoms with Crippen molar-refractivity contribution in [3.05, 3.63) is 50.6 Å². The number of nitrogens with one attached hydrogen (secondary N) is 1. The molecule has 0 saturated heterocycles. The lowest BCUT2D eigenvalue weighted by atomic mass is 9.90. The average molecular weight is 420 g/mol. The maximum absolute atomic E-state index is 12.4. The van der Waals surface area contributed by atoms with E-state index in [-0.39, 0.29) is 11.6 Å². The molecule has 0 radical (unpaired) electrons. The Hall–Kier alpha value is -1.63. The predicted molar refractivity (Wildman–Crippen MR) is 96.5 cm³/mol. The van der Waals surface area contributed by atoms with Crippen molar-refractivity contribution in [2.24, 2.45) is 0 Å². The van der Waals surface area contributed by atoms with Crippen molar-refractivity contribution >= 4 is 39.8 Å². The fourth-order valence-electron chi connectivity index (χ4n) is 3.60. The number of benzene rings is 1. The van der Waals surface area contributed by atoms with E-state index in [0.717, 1.165) is 46.3 Å². The monoisotopic (exact) mass is 420 g/mol. The Labute approximate surface area is 148 Å². The first-order valence-corrected chi connectivity index (χ1v) is 9.08. The summed E-state index contributed by atoms with van der Waals surface area (Å²) in [5, 5.41) is 3.19. The summed E-state index contributed by atoms with van der Waals surface area (Å²) in [4.78, 5) is 26.9. The first-order valence-electron chi connectivity index (χ1n) is 8.00. The number of anilines is 1. The van der Waals surface area contributed by atoms with Gasteiger partial charge in [-0.1, -0.05) is 6.07 Å². The standard InChI is InChI=1S/C18H17IN2O2/c19-11-4-1-5-12(10-11)21-13-6-2-8-15(22)17(13)20-18-14(21)7-3-9-16(18)23/h1,4-5,10,20H,2-3,6-9H2. The minimum atomic E-state index is 0.117. The molecule has 0 saturated carbocycles. The number of rotatable bonds is 1. The maximum atomic E-state index is 12.4. The Bertz CT molecular complexity index is 737. The Morgan fingerprint density at radius 1 is 0.913 bits per heavy atom. The third-order valence-electron chi connectivity index (χ3n) is 4.63. The van der Waals surface area contributed by atoms with E-state index in [9.17, 15) is 9.59 Å². The summed E-state index contributed by atoms with van der Waals surface area (Å²) in [7, 11) is 0. The van der Waals surface area contributed by atoms with E-state index in [1.54, 1.807) is 0 Å². The maximum Gasteiger partial charge on any atom is 0.180 e. The normalized spacial score (nSPS) is 21.2. The summed E-state index contributed by atoms with van der Waals surface area (Å²) in [5.41, 5.74) is 4.35. The van der Waals surface area contributed by atoms with Crippen LogP contribution in [0.15, 0.2) is 47.1 Å². The van der Waals surface area contributed by atoms with Gasteiger partial charge in [0.05, 0.1) is 11.4 Å². The highest BCUT2D eigenvalue weighted by Gasteiger charge is 2.36. The van der Waals surface area contributed by atoms with Crippen LogP contribution in [-0.2, 0) is 9.59 Å². The number of Topliss-reactive ketones (excluding diaryl/α,β-unsaturated/α-hetero) is 2. The number of carbonyl (C=O) groups is 2. The second-order valence-corrected chi connectivity index (χ2v) is 7.38. The predicted octanol–water partition coefficient (Wildman–Crippen LogP) is 3.63. The van der Waals surface area contributed by atoms with Crippen LogP contribution in [0, 0.1) is 3.57 Å². The molecular weight excluding hydrogens is 403 g/mol. The Morgan fingerprint density at radius 3 is 2.09 bits per heavy atom.